The summed E-state index contributed by atoms with van der Waals surface area (Å²) in [5.74, 6) is -0.143. The van der Waals surface area contributed by atoms with E-state index in [4.69, 9.17) is 4.74 Å². The minimum Gasteiger partial charge on any atom is -0.383 e. The van der Waals surface area contributed by atoms with Gasteiger partial charge in [0.2, 0.25) is 11.8 Å². The van der Waals surface area contributed by atoms with Crippen LogP contribution in [-0.4, -0.2) is 86.0 Å². The van der Waals surface area contributed by atoms with Crippen molar-refractivity contribution in [3.63, 3.8) is 0 Å². The Labute approximate surface area is 166 Å². The van der Waals surface area contributed by atoms with Crippen LogP contribution in [0.15, 0.2) is 24.3 Å². The lowest BCUT2D eigenvalue weighted by atomic mass is 9.95. The molecule has 0 saturated carbocycles. The van der Waals surface area contributed by atoms with Crippen molar-refractivity contribution in [2.45, 2.75) is 19.3 Å². The van der Waals surface area contributed by atoms with Crippen LogP contribution in [-0.2, 0) is 20.7 Å². The maximum absolute atomic E-state index is 13.3. The molecule has 2 heterocycles. The van der Waals surface area contributed by atoms with Crippen LogP contribution in [0.2, 0.25) is 0 Å². The minimum atomic E-state index is -0.264. The third-order valence-electron chi connectivity index (χ3n) is 5.70. The predicted octanol–water partition coefficient (Wildman–Crippen LogP) is 1.40. The number of hydrogen-bond acceptors (Lipinski definition) is 4. The summed E-state index contributed by atoms with van der Waals surface area (Å²) in [5, 5.41) is 0. The minimum absolute atomic E-state index is 0.0878. The third-order valence-corrected chi connectivity index (χ3v) is 5.70. The van der Waals surface area contributed by atoms with Crippen molar-refractivity contribution in [3.05, 3.63) is 35.6 Å². The molecule has 2 aliphatic heterocycles. The second-order valence-corrected chi connectivity index (χ2v) is 7.61. The zero-order chi connectivity index (χ0) is 19.9. The lowest BCUT2D eigenvalue weighted by Gasteiger charge is -2.39. The first-order chi connectivity index (χ1) is 13.6. The molecule has 2 aliphatic rings. The number of piperidine rings is 1. The highest BCUT2D eigenvalue weighted by atomic mass is 19.1. The van der Waals surface area contributed by atoms with E-state index < -0.39 is 0 Å². The molecule has 2 amide bonds. The maximum Gasteiger partial charge on any atom is 0.227 e. The van der Waals surface area contributed by atoms with Crippen molar-refractivity contribution in [1.29, 1.82) is 0 Å². The number of nitrogens with zero attached hydrogens (tertiary/aromatic N) is 3. The van der Waals surface area contributed by atoms with E-state index in [9.17, 15) is 14.0 Å². The van der Waals surface area contributed by atoms with Crippen molar-refractivity contribution >= 4 is 11.8 Å². The van der Waals surface area contributed by atoms with Gasteiger partial charge in [-0.15, -0.1) is 0 Å². The van der Waals surface area contributed by atoms with Gasteiger partial charge in [-0.2, -0.15) is 0 Å². The zero-order valence-electron chi connectivity index (χ0n) is 16.6. The van der Waals surface area contributed by atoms with Gasteiger partial charge in [0.15, 0.2) is 0 Å². The number of halogens is 1. The van der Waals surface area contributed by atoms with Crippen molar-refractivity contribution in [2.75, 3.05) is 59.5 Å². The lowest BCUT2D eigenvalue weighted by molar-refractivity contribution is -0.144. The number of likely N-dealkylation sites (tertiary alicyclic amines) is 1. The van der Waals surface area contributed by atoms with Crippen molar-refractivity contribution < 1.29 is 18.7 Å². The predicted molar refractivity (Wildman–Crippen MR) is 104 cm³/mol. The number of carbonyl (C=O) groups excluding carboxylic acids is 2. The summed E-state index contributed by atoms with van der Waals surface area (Å²) in [4.78, 5) is 31.2. The van der Waals surface area contributed by atoms with Gasteiger partial charge in [-0.05, 0) is 30.5 Å². The molecule has 6 nitrogen and oxygen atoms in total. The Morgan fingerprint density at radius 1 is 1.21 bits per heavy atom. The van der Waals surface area contributed by atoms with Gasteiger partial charge >= 0.3 is 0 Å². The smallest absolute Gasteiger partial charge is 0.227 e. The Kier molecular flexibility index (Phi) is 7.39. The monoisotopic (exact) mass is 391 g/mol. The number of carbonyl (C=O) groups is 2. The van der Waals surface area contributed by atoms with Gasteiger partial charge in [-0.3, -0.25) is 14.5 Å². The molecule has 0 N–H and O–H groups in total. The van der Waals surface area contributed by atoms with E-state index in [1.165, 1.54) is 12.1 Å². The highest BCUT2D eigenvalue weighted by molar-refractivity contribution is 5.84. The fourth-order valence-corrected chi connectivity index (χ4v) is 3.96. The molecule has 1 aromatic carbocycles. The SMILES string of the molecule is COCCN1CCN(C(=O)[C@H]2CCC(=O)N(CCc3cccc(F)c3)C2)CC1. The molecule has 2 fully saturated rings. The van der Waals surface area contributed by atoms with Crippen LogP contribution in [0.4, 0.5) is 4.39 Å². The van der Waals surface area contributed by atoms with Crippen LogP contribution in [0.3, 0.4) is 0 Å². The van der Waals surface area contributed by atoms with Gasteiger partial charge in [-0.25, -0.2) is 4.39 Å². The average Bonchev–Trinajstić information content (AvgIpc) is 2.71. The van der Waals surface area contributed by atoms with Crippen molar-refractivity contribution in [1.82, 2.24) is 14.7 Å². The average molecular weight is 391 g/mol. The van der Waals surface area contributed by atoms with Gasteiger partial charge in [0, 0.05) is 59.3 Å². The first kappa shape index (κ1) is 20.7. The van der Waals surface area contributed by atoms with E-state index >= 15 is 0 Å². The van der Waals surface area contributed by atoms with Gasteiger partial charge < -0.3 is 14.5 Å². The highest BCUT2D eigenvalue weighted by Gasteiger charge is 2.33. The van der Waals surface area contributed by atoms with Crippen LogP contribution in [0.5, 0.6) is 0 Å². The number of methoxy groups -OCH3 is 1. The maximum atomic E-state index is 13.3. The second kappa shape index (κ2) is 9.98. The van der Waals surface area contributed by atoms with Gasteiger partial charge in [0.05, 0.1) is 12.5 Å². The molecule has 1 atom stereocenters. The van der Waals surface area contributed by atoms with E-state index in [2.05, 4.69) is 4.90 Å². The van der Waals surface area contributed by atoms with Crippen molar-refractivity contribution in [3.8, 4) is 0 Å². The zero-order valence-corrected chi connectivity index (χ0v) is 16.6. The number of rotatable bonds is 7. The van der Waals surface area contributed by atoms with Crippen LogP contribution >= 0.6 is 0 Å². The molecular formula is C21H30FN3O3. The Morgan fingerprint density at radius 3 is 2.71 bits per heavy atom. The largest absolute Gasteiger partial charge is 0.383 e. The molecular weight excluding hydrogens is 361 g/mol. The molecule has 28 heavy (non-hydrogen) atoms. The normalized spacial score (nSPS) is 21.2. The van der Waals surface area contributed by atoms with E-state index in [0.29, 0.717) is 39.0 Å². The molecule has 1 aromatic rings. The summed E-state index contributed by atoms with van der Waals surface area (Å²) in [6.45, 7) is 5.79. The lowest BCUT2D eigenvalue weighted by Crippen LogP contribution is -2.53. The summed E-state index contributed by atoms with van der Waals surface area (Å²) >= 11 is 0. The Hall–Kier alpha value is -1.99. The Bertz CT molecular complexity index is 677. The fraction of sp³-hybridized carbons (Fsp3) is 0.619. The summed E-state index contributed by atoms with van der Waals surface area (Å²) in [6.07, 6.45) is 1.63. The Balaban J connectivity index is 1.49. The second-order valence-electron chi connectivity index (χ2n) is 7.61. The molecule has 7 heteroatoms. The van der Waals surface area contributed by atoms with E-state index in [1.807, 2.05) is 11.0 Å². The summed E-state index contributed by atoms with van der Waals surface area (Å²) < 4.78 is 18.5. The molecule has 0 aliphatic carbocycles. The number of hydrogen-bond donors (Lipinski definition) is 0. The first-order valence-corrected chi connectivity index (χ1v) is 10.1. The summed E-state index contributed by atoms with van der Waals surface area (Å²) in [6, 6.07) is 6.46. The molecule has 0 bridgehead atoms. The molecule has 154 valence electrons. The van der Waals surface area contributed by atoms with Crippen LogP contribution in [0, 0.1) is 11.7 Å². The molecule has 0 unspecified atom stereocenters. The highest BCUT2D eigenvalue weighted by Crippen LogP contribution is 2.21. The summed E-state index contributed by atoms with van der Waals surface area (Å²) in [7, 11) is 1.70. The van der Waals surface area contributed by atoms with Crippen molar-refractivity contribution in [2.24, 2.45) is 5.92 Å². The molecule has 0 spiro atoms. The van der Waals surface area contributed by atoms with Crippen LogP contribution < -0.4 is 0 Å². The number of piperazine rings is 1. The molecule has 0 aromatic heterocycles. The van der Waals surface area contributed by atoms with Gasteiger partial charge in [0.25, 0.3) is 0 Å². The molecule has 0 radical (unpaired) electrons. The van der Waals surface area contributed by atoms with Gasteiger partial charge in [-0.1, -0.05) is 12.1 Å². The topological polar surface area (TPSA) is 53.1 Å². The molecule has 3 rings (SSSR count). The quantitative estimate of drug-likeness (QED) is 0.705. The first-order valence-electron chi connectivity index (χ1n) is 10.1. The number of amides is 2. The third kappa shape index (κ3) is 5.52. The van der Waals surface area contributed by atoms with E-state index in [-0.39, 0.29) is 23.5 Å². The van der Waals surface area contributed by atoms with Gasteiger partial charge in [0.1, 0.15) is 5.82 Å². The number of benzene rings is 1. The van der Waals surface area contributed by atoms with Crippen LogP contribution in [0.25, 0.3) is 0 Å². The summed E-state index contributed by atoms with van der Waals surface area (Å²) in [5.41, 5.74) is 0.869. The van der Waals surface area contributed by atoms with E-state index in [0.717, 1.165) is 38.3 Å². The standard InChI is InChI=1S/C21H30FN3O3/c1-28-14-13-23-9-11-24(12-10-23)21(27)18-5-6-20(26)25(16-18)8-7-17-3-2-4-19(22)15-17/h2-4,15,18H,5-14,16H2,1H3/t18-/m0/s1. The van der Waals surface area contributed by atoms with E-state index in [1.54, 1.807) is 18.1 Å². The van der Waals surface area contributed by atoms with Crippen LogP contribution in [0.1, 0.15) is 18.4 Å². The molecule has 2 saturated heterocycles. The Morgan fingerprint density at radius 2 is 2.00 bits per heavy atom. The number of ether oxygens (including phenoxy) is 1. The fourth-order valence-electron chi connectivity index (χ4n) is 3.96.